The van der Waals surface area contributed by atoms with Gasteiger partial charge in [0.2, 0.25) is 5.92 Å². The number of carbonyl (C=O) groups is 1. The smallest absolute Gasteiger partial charge is 0.346 e. The van der Waals surface area contributed by atoms with E-state index in [-0.39, 0.29) is 45.7 Å². The zero-order chi connectivity index (χ0) is 23.0. The summed E-state index contributed by atoms with van der Waals surface area (Å²) < 4.78 is 51.5. The zero-order valence-corrected chi connectivity index (χ0v) is 18.2. The highest BCUT2D eigenvalue weighted by molar-refractivity contribution is 6.32. The molecule has 1 aliphatic carbocycles. The molecule has 2 aromatic carbocycles. The van der Waals surface area contributed by atoms with Gasteiger partial charge in [0, 0.05) is 30.9 Å². The van der Waals surface area contributed by atoms with Crippen molar-refractivity contribution in [1.29, 1.82) is 0 Å². The van der Waals surface area contributed by atoms with E-state index >= 15 is 0 Å². The van der Waals surface area contributed by atoms with Crippen molar-refractivity contribution < 1.29 is 27.4 Å². The number of alkyl halides is 2. The first-order valence-electron chi connectivity index (χ1n) is 9.60. The molecular weight excluding hydrogens is 466 g/mol. The van der Waals surface area contributed by atoms with E-state index in [9.17, 15) is 18.0 Å². The van der Waals surface area contributed by atoms with Crippen LogP contribution >= 0.6 is 23.2 Å². The maximum Gasteiger partial charge on any atom is 0.346 e. The van der Waals surface area contributed by atoms with Gasteiger partial charge in [-0.3, -0.25) is 4.98 Å². The van der Waals surface area contributed by atoms with Crippen LogP contribution in [0.25, 0.3) is 0 Å². The number of rotatable bonds is 5. The lowest BCUT2D eigenvalue weighted by Crippen LogP contribution is -2.34. The second-order valence-electron chi connectivity index (χ2n) is 7.57. The number of benzene rings is 2. The van der Waals surface area contributed by atoms with Crippen molar-refractivity contribution in [2.45, 2.75) is 31.6 Å². The fraction of sp³-hybridized carbons (Fsp3) is 0.217. The van der Waals surface area contributed by atoms with Crippen LogP contribution < -0.4 is 9.47 Å². The molecule has 0 atom stereocenters. The third-order valence-electron chi connectivity index (χ3n) is 5.02. The highest BCUT2D eigenvalue weighted by Gasteiger charge is 2.47. The van der Waals surface area contributed by atoms with Gasteiger partial charge in [-0.2, -0.15) is 0 Å². The van der Waals surface area contributed by atoms with E-state index in [1.807, 2.05) is 6.92 Å². The molecule has 0 N–H and O–H groups in total. The van der Waals surface area contributed by atoms with Gasteiger partial charge in [0.15, 0.2) is 0 Å². The predicted octanol–water partition coefficient (Wildman–Crippen LogP) is 7.36. The lowest BCUT2D eigenvalue weighted by Gasteiger charge is -2.34. The number of hydrogen-bond donors (Lipinski definition) is 0. The van der Waals surface area contributed by atoms with Crippen molar-refractivity contribution in [1.82, 2.24) is 4.98 Å². The van der Waals surface area contributed by atoms with Crippen LogP contribution in [-0.4, -0.2) is 16.9 Å². The number of halogens is 5. The van der Waals surface area contributed by atoms with Crippen LogP contribution in [0.4, 0.5) is 13.2 Å². The highest BCUT2D eigenvalue weighted by atomic mass is 35.5. The van der Waals surface area contributed by atoms with Gasteiger partial charge in [0.1, 0.15) is 23.1 Å². The molecule has 0 spiro atoms. The molecule has 9 heteroatoms. The summed E-state index contributed by atoms with van der Waals surface area (Å²) in [6.45, 7) is 1.88. The molecule has 32 heavy (non-hydrogen) atoms. The van der Waals surface area contributed by atoms with Crippen LogP contribution in [0.1, 0.15) is 40.4 Å². The van der Waals surface area contributed by atoms with E-state index in [1.54, 1.807) is 24.3 Å². The maximum absolute atomic E-state index is 14.6. The van der Waals surface area contributed by atoms with E-state index in [2.05, 4.69) is 4.98 Å². The molecule has 0 unspecified atom stereocenters. The standard InChI is InChI=1S/C23H16Cl2F3NO3/c1-12-2-4-14(5-3-12)32-22(30)16-7-17(24)20(8-19(16)26)31-15-6-18(25)21(29-11-15)13-9-23(27,28)10-13/h2-8,11,13H,9-10H2,1H3. The topological polar surface area (TPSA) is 48.4 Å². The van der Waals surface area contributed by atoms with Crippen molar-refractivity contribution >= 4 is 29.2 Å². The Morgan fingerprint density at radius 3 is 2.38 bits per heavy atom. The van der Waals surface area contributed by atoms with Gasteiger partial charge < -0.3 is 9.47 Å². The van der Waals surface area contributed by atoms with Gasteiger partial charge in [0.05, 0.1) is 27.5 Å². The maximum atomic E-state index is 14.6. The number of aromatic nitrogens is 1. The highest BCUT2D eigenvalue weighted by Crippen LogP contribution is 2.49. The van der Waals surface area contributed by atoms with E-state index in [1.165, 1.54) is 12.3 Å². The summed E-state index contributed by atoms with van der Waals surface area (Å²) in [6, 6.07) is 10.1. The summed E-state index contributed by atoms with van der Waals surface area (Å²) in [5, 5.41) is 0.124. The molecule has 0 radical (unpaired) electrons. The zero-order valence-electron chi connectivity index (χ0n) is 16.7. The molecule has 166 valence electrons. The first-order valence-corrected chi connectivity index (χ1v) is 10.4. The van der Waals surface area contributed by atoms with Crippen molar-refractivity contribution in [3.05, 3.63) is 81.3 Å². The molecule has 1 saturated carbocycles. The van der Waals surface area contributed by atoms with E-state index in [0.29, 0.717) is 5.69 Å². The summed E-state index contributed by atoms with van der Waals surface area (Å²) in [5.74, 6) is -4.59. The first-order chi connectivity index (χ1) is 15.1. The fourth-order valence-corrected chi connectivity index (χ4v) is 3.81. The minimum atomic E-state index is -2.70. The van der Waals surface area contributed by atoms with Gasteiger partial charge in [-0.1, -0.05) is 40.9 Å². The third kappa shape index (κ3) is 4.84. The van der Waals surface area contributed by atoms with Crippen LogP contribution in [0, 0.1) is 12.7 Å². The van der Waals surface area contributed by atoms with Crippen LogP contribution in [-0.2, 0) is 0 Å². The molecule has 1 aliphatic rings. The first kappa shape index (κ1) is 22.4. The number of nitrogens with zero attached hydrogens (tertiary/aromatic N) is 1. The molecule has 1 heterocycles. The summed E-state index contributed by atoms with van der Waals surface area (Å²) in [4.78, 5) is 16.4. The van der Waals surface area contributed by atoms with Crippen LogP contribution in [0.2, 0.25) is 10.0 Å². The Balaban J connectivity index is 1.49. The SMILES string of the molecule is Cc1ccc(OC(=O)c2cc(Cl)c(Oc3cnc(C4CC(F)(F)C4)c(Cl)c3)cc2F)cc1. The van der Waals surface area contributed by atoms with Gasteiger partial charge in [-0.05, 0) is 25.1 Å². The summed E-state index contributed by atoms with van der Waals surface area (Å²) in [6.07, 6.45) is 0.680. The Hall–Kier alpha value is -2.77. The van der Waals surface area contributed by atoms with Gasteiger partial charge in [-0.25, -0.2) is 18.0 Å². The Kier molecular flexibility index (Phi) is 6.05. The molecule has 1 fully saturated rings. The number of ether oxygens (including phenoxy) is 2. The third-order valence-corrected chi connectivity index (χ3v) is 5.62. The van der Waals surface area contributed by atoms with E-state index in [4.69, 9.17) is 32.7 Å². The second-order valence-corrected chi connectivity index (χ2v) is 8.38. The monoisotopic (exact) mass is 481 g/mol. The fourth-order valence-electron chi connectivity index (χ4n) is 3.30. The molecular formula is C23H16Cl2F3NO3. The molecule has 0 bridgehead atoms. The van der Waals surface area contributed by atoms with E-state index < -0.39 is 23.6 Å². The normalized spacial score (nSPS) is 15.2. The predicted molar refractivity (Wildman–Crippen MR) is 114 cm³/mol. The lowest BCUT2D eigenvalue weighted by molar-refractivity contribution is -0.0875. The van der Waals surface area contributed by atoms with Crippen molar-refractivity contribution in [3.63, 3.8) is 0 Å². The van der Waals surface area contributed by atoms with Crippen molar-refractivity contribution in [3.8, 4) is 17.2 Å². The lowest BCUT2D eigenvalue weighted by atomic mass is 9.79. The van der Waals surface area contributed by atoms with Gasteiger partial charge in [-0.15, -0.1) is 0 Å². The molecule has 0 saturated heterocycles. The Morgan fingerprint density at radius 2 is 1.75 bits per heavy atom. The van der Waals surface area contributed by atoms with Crippen molar-refractivity contribution in [2.75, 3.05) is 0 Å². The van der Waals surface area contributed by atoms with Crippen LogP contribution in [0.3, 0.4) is 0 Å². The quantitative estimate of drug-likeness (QED) is 0.282. The summed E-state index contributed by atoms with van der Waals surface area (Å²) in [5.41, 5.74) is 0.977. The van der Waals surface area contributed by atoms with E-state index in [0.717, 1.165) is 17.7 Å². The second kappa shape index (κ2) is 8.64. The average Bonchev–Trinajstić information content (AvgIpc) is 2.70. The Labute approximate surface area is 191 Å². The number of hydrogen-bond acceptors (Lipinski definition) is 4. The largest absolute Gasteiger partial charge is 0.454 e. The minimum absolute atomic E-state index is 0.0407. The van der Waals surface area contributed by atoms with Gasteiger partial charge >= 0.3 is 5.97 Å². The molecule has 1 aromatic heterocycles. The minimum Gasteiger partial charge on any atom is -0.454 e. The summed E-state index contributed by atoms with van der Waals surface area (Å²) in [7, 11) is 0. The van der Waals surface area contributed by atoms with Crippen molar-refractivity contribution in [2.24, 2.45) is 0 Å². The molecule has 3 aromatic rings. The number of pyridine rings is 1. The van der Waals surface area contributed by atoms with Crippen LogP contribution in [0.5, 0.6) is 17.2 Å². The number of esters is 1. The Bertz CT molecular complexity index is 1180. The van der Waals surface area contributed by atoms with Crippen LogP contribution in [0.15, 0.2) is 48.7 Å². The molecule has 0 amide bonds. The number of carbonyl (C=O) groups excluding carboxylic acids is 1. The van der Waals surface area contributed by atoms with Gasteiger partial charge in [0.25, 0.3) is 0 Å². The molecule has 4 rings (SSSR count). The molecule has 4 nitrogen and oxygen atoms in total. The number of aryl methyl sites for hydroxylation is 1. The molecule has 0 aliphatic heterocycles. The average molecular weight is 482 g/mol. The Morgan fingerprint density at radius 1 is 1.06 bits per heavy atom. The summed E-state index contributed by atoms with van der Waals surface area (Å²) >= 11 is 12.3.